The minimum Gasteiger partial charge on any atom is -0.465 e. The number of carbonyl (C=O) groups is 1. The van der Waals surface area contributed by atoms with Crippen LogP contribution in [-0.4, -0.2) is 59.1 Å². The Hall–Kier alpha value is -0.300. The van der Waals surface area contributed by atoms with Gasteiger partial charge < -0.3 is 20.3 Å². The number of ether oxygens (including phenoxy) is 1. The van der Waals surface area contributed by atoms with Crippen molar-refractivity contribution in [2.24, 2.45) is 0 Å². The first-order valence-electron chi connectivity index (χ1n) is 6.29. The molecule has 0 heterocycles. The van der Waals surface area contributed by atoms with Crippen LogP contribution in [0.25, 0.3) is 0 Å². The van der Waals surface area contributed by atoms with Gasteiger partial charge in [-0.15, -0.1) is 0 Å². The van der Waals surface area contributed by atoms with Gasteiger partial charge in [0.2, 0.25) is 0 Å². The lowest BCUT2D eigenvalue weighted by atomic mass is 9.99. The molecule has 2 atom stereocenters. The smallest absolute Gasteiger partial charge is 0.326 e. The molecule has 0 rings (SSSR count). The zero-order valence-corrected chi connectivity index (χ0v) is 12.3. The molecular weight excluding hydrogens is 254 g/mol. The summed E-state index contributed by atoms with van der Waals surface area (Å²) in [6, 6.07) is 0. The first kappa shape index (κ1) is 17.7. The largest absolute Gasteiger partial charge is 0.465 e. The summed E-state index contributed by atoms with van der Waals surface area (Å²) in [4.78, 5) is 11.9. The molecule has 0 radical (unpaired) electrons. The second-order valence-electron chi connectivity index (χ2n) is 4.24. The summed E-state index contributed by atoms with van der Waals surface area (Å²) in [5.74, 6) is 0.955. The van der Waals surface area contributed by atoms with Crippen molar-refractivity contribution in [3.05, 3.63) is 0 Å². The molecule has 0 bridgehead atoms. The molecule has 3 N–H and O–H groups in total. The number of carbonyl (C=O) groups excluding carboxylic acids is 1. The van der Waals surface area contributed by atoms with Crippen molar-refractivity contribution in [2.45, 2.75) is 38.8 Å². The minimum absolute atomic E-state index is 0.227. The highest BCUT2D eigenvalue weighted by atomic mass is 32.2. The van der Waals surface area contributed by atoms with Gasteiger partial charge in [0, 0.05) is 5.75 Å². The van der Waals surface area contributed by atoms with Gasteiger partial charge in [-0.05, 0) is 32.6 Å². The maximum atomic E-state index is 11.9. The molecule has 5 nitrogen and oxygen atoms in total. The van der Waals surface area contributed by atoms with E-state index in [0.717, 1.165) is 5.75 Å². The molecule has 108 valence electrons. The van der Waals surface area contributed by atoms with Crippen molar-refractivity contribution in [2.75, 3.05) is 31.3 Å². The third kappa shape index (κ3) is 6.58. The Bertz CT molecular complexity index is 240. The number of esters is 1. The van der Waals surface area contributed by atoms with Crippen LogP contribution >= 0.6 is 11.8 Å². The number of nitrogens with one attached hydrogen (secondary N) is 1. The Morgan fingerprint density at radius 3 is 2.67 bits per heavy atom. The van der Waals surface area contributed by atoms with Crippen molar-refractivity contribution in [3.8, 4) is 0 Å². The van der Waals surface area contributed by atoms with Crippen LogP contribution in [0.2, 0.25) is 0 Å². The van der Waals surface area contributed by atoms with E-state index >= 15 is 0 Å². The van der Waals surface area contributed by atoms with E-state index in [0.29, 0.717) is 25.3 Å². The van der Waals surface area contributed by atoms with E-state index < -0.39 is 11.6 Å². The molecule has 0 aromatic heterocycles. The van der Waals surface area contributed by atoms with Gasteiger partial charge in [-0.2, -0.15) is 11.8 Å². The second kappa shape index (κ2) is 9.61. The molecule has 0 aliphatic heterocycles. The molecule has 0 aromatic carbocycles. The quantitative estimate of drug-likeness (QED) is 0.397. The lowest BCUT2D eigenvalue weighted by Gasteiger charge is -2.28. The zero-order valence-electron chi connectivity index (χ0n) is 11.4. The van der Waals surface area contributed by atoms with Crippen LogP contribution in [0.15, 0.2) is 0 Å². The van der Waals surface area contributed by atoms with E-state index in [9.17, 15) is 9.90 Å². The van der Waals surface area contributed by atoms with Crippen LogP contribution in [0, 0.1) is 0 Å². The highest BCUT2D eigenvalue weighted by Gasteiger charge is 2.33. The van der Waals surface area contributed by atoms with E-state index in [1.54, 1.807) is 6.92 Å². The molecule has 0 fully saturated rings. The number of hydrogen-bond acceptors (Lipinski definition) is 6. The van der Waals surface area contributed by atoms with Gasteiger partial charge in [-0.1, -0.05) is 6.92 Å². The molecule has 6 heteroatoms. The molecule has 18 heavy (non-hydrogen) atoms. The molecule has 2 unspecified atom stereocenters. The molecule has 0 amide bonds. The number of likely N-dealkylation sites (N-methyl/N-ethyl adjacent to an activating group) is 1. The molecular formula is C12H25NO4S. The number of hydrogen-bond donors (Lipinski definition) is 3. The maximum Gasteiger partial charge on any atom is 0.326 e. The lowest BCUT2D eigenvalue weighted by molar-refractivity contribution is -0.150. The standard InChI is InChI=1S/C12H25NO4S/c1-4-13-12(3,11(16)17-5-2)6-7-18-9-10(15)8-14/h10,13-15H,4-9H2,1-3H3. The van der Waals surface area contributed by atoms with E-state index in [1.165, 1.54) is 11.8 Å². The summed E-state index contributed by atoms with van der Waals surface area (Å²) in [6.07, 6.45) is -0.0642. The Kier molecular flexibility index (Phi) is 9.45. The van der Waals surface area contributed by atoms with Gasteiger partial charge in [0.1, 0.15) is 5.54 Å². The van der Waals surface area contributed by atoms with Gasteiger partial charge in [0.15, 0.2) is 0 Å². The second-order valence-corrected chi connectivity index (χ2v) is 5.39. The average molecular weight is 279 g/mol. The van der Waals surface area contributed by atoms with Crippen molar-refractivity contribution in [3.63, 3.8) is 0 Å². The predicted octanol–water partition coefficient (Wildman–Crippen LogP) is 0.394. The summed E-state index contributed by atoms with van der Waals surface area (Å²) in [5, 5.41) is 21.0. The monoisotopic (exact) mass is 279 g/mol. The van der Waals surface area contributed by atoms with Crippen LogP contribution < -0.4 is 5.32 Å². The molecule has 0 saturated heterocycles. The Morgan fingerprint density at radius 2 is 2.17 bits per heavy atom. The third-order valence-electron chi connectivity index (χ3n) is 2.56. The van der Waals surface area contributed by atoms with Crippen LogP contribution in [0.5, 0.6) is 0 Å². The summed E-state index contributed by atoms with van der Waals surface area (Å²) >= 11 is 1.52. The van der Waals surface area contributed by atoms with Crippen molar-refractivity contribution >= 4 is 17.7 Å². The van der Waals surface area contributed by atoms with Crippen molar-refractivity contribution in [1.82, 2.24) is 5.32 Å². The fourth-order valence-corrected chi connectivity index (χ4v) is 2.59. The van der Waals surface area contributed by atoms with Crippen molar-refractivity contribution in [1.29, 1.82) is 0 Å². The number of aliphatic hydroxyl groups is 2. The Balaban J connectivity index is 4.14. The predicted molar refractivity (Wildman–Crippen MR) is 73.7 cm³/mol. The van der Waals surface area contributed by atoms with Crippen molar-refractivity contribution < 1.29 is 19.7 Å². The molecule has 0 aromatic rings. The fraction of sp³-hybridized carbons (Fsp3) is 0.917. The van der Waals surface area contributed by atoms with Gasteiger partial charge in [0.05, 0.1) is 19.3 Å². The summed E-state index contributed by atoms with van der Waals surface area (Å²) in [5.41, 5.74) is -0.679. The van der Waals surface area contributed by atoms with Crippen LogP contribution in [-0.2, 0) is 9.53 Å². The van der Waals surface area contributed by atoms with Crippen LogP contribution in [0.4, 0.5) is 0 Å². The highest BCUT2D eigenvalue weighted by molar-refractivity contribution is 7.99. The van der Waals surface area contributed by atoms with E-state index in [-0.39, 0.29) is 12.6 Å². The van der Waals surface area contributed by atoms with Crippen LogP contribution in [0.3, 0.4) is 0 Å². The van der Waals surface area contributed by atoms with Gasteiger partial charge >= 0.3 is 5.97 Å². The van der Waals surface area contributed by atoms with Gasteiger partial charge in [0.25, 0.3) is 0 Å². The third-order valence-corrected chi connectivity index (χ3v) is 3.67. The average Bonchev–Trinajstić information content (AvgIpc) is 2.35. The zero-order chi connectivity index (χ0) is 14.0. The minimum atomic E-state index is -0.692. The summed E-state index contributed by atoms with van der Waals surface area (Å²) < 4.78 is 5.06. The first-order valence-corrected chi connectivity index (χ1v) is 7.44. The maximum absolute atomic E-state index is 11.9. The molecule has 0 spiro atoms. The molecule has 0 saturated carbocycles. The van der Waals surface area contributed by atoms with Crippen LogP contribution in [0.1, 0.15) is 27.2 Å². The van der Waals surface area contributed by atoms with Gasteiger partial charge in [-0.3, -0.25) is 4.79 Å². The molecule has 0 aliphatic rings. The fourth-order valence-electron chi connectivity index (χ4n) is 1.49. The number of rotatable bonds is 10. The number of thioether (sulfide) groups is 1. The normalized spacial score (nSPS) is 16.1. The summed E-state index contributed by atoms with van der Waals surface area (Å²) in [7, 11) is 0. The molecule has 0 aliphatic carbocycles. The van der Waals surface area contributed by atoms with E-state index in [1.807, 2.05) is 13.8 Å². The van der Waals surface area contributed by atoms with Gasteiger partial charge in [-0.25, -0.2) is 0 Å². The van der Waals surface area contributed by atoms with E-state index in [4.69, 9.17) is 9.84 Å². The SMILES string of the molecule is CCNC(C)(CCSCC(O)CO)C(=O)OCC. The topological polar surface area (TPSA) is 78.8 Å². The number of aliphatic hydroxyl groups excluding tert-OH is 2. The highest BCUT2D eigenvalue weighted by Crippen LogP contribution is 2.17. The van der Waals surface area contributed by atoms with E-state index in [2.05, 4.69) is 5.32 Å². The lowest BCUT2D eigenvalue weighted by Crippen LogP contribution is -2.50. The first-order chi connectivity index (χ1) is 8.50. The summed E-state index contributed by atoms with van der Waals surface area (Å²) in [6.45, 7) is 6.40. The Labute approximate surface area is 113 Å². The Morgan fingerprint density at radius 1 is 1.50 bits per heavy atom.